The standard InChI is InChI=1S/C23H16Cl2N2O/c1-15-7-2-3-8-16(15)13-14-21-26-20-12-5-4-9-17(20)23(28)27(21)22-18(24)10-6-11-19(22)25/h2-14H,1H3/b14-13+. The smallest absolute Gasteiger partial charge is 0.266 e. The second-order valence-electron chi connectivity index (χ2n) is 6.39. The van der Waals surface area contributed by atoms with Crippen molar-refractivity contribution in [3.8, 4) is 5.69 Å². The minimum atomic E-state index is -0.218. The summed E-state index contributed by atoms with van der Waals surface area (Å²) in [5.74, 6) is 0.460. The minimum Gasteiger partial charge on any atom is -0.268 e. The maximum atomic E-state index is 13.3. The van der Waals surface area contributed by atoms with Crippen molar-refractivity contribution < 1.29 is 0 Å². The first-order chi connectivity index (χ1) is 13.6. The summed E-state index contributed by atoms with van der Waals surface area (Å²) in [5, 5.41) is 1.28. The van der Waals surface area contributed by atoms with Crippen LogP contribution in [0.15, 0.2) is 71.5 Å². The lowest BCUT2D eigenvalue weighted by molar-refractivity contribution is 0.944. The molecule has 0 amide bonds. The maximum absolute atomic E-state index is 13.3. The molecule has 0 spiro atoms. The van der Waals surface area contributed by atoms with E-state index >= 15 is 0 Å². The molecule has 0 aliphatic heterocycles. The van der Waals surface area contributed by atoms with Gasteiger partial charge in [-0.05, 0) is 48.4 Å². The quantitative estimate of drug-likeness (QED) is 0.407. The Labute approximate surface area is 172 Å². The summed E-state index contributed by atoms with van der Waals surface area (Å²) in [5.41, 5.74) is 3.01. The largest absolute Gasteiger partial charge is 0.268 e. The lowest BCUT2D eigenvalue weighted by Crippen LogP contribution is -2.23. The third-order valence-electron chi connectivity index (χ3n) is 4.56. The fourth-order valence-electron chi connectivity index (χ4n) is 3.12. The Morgan fingerprint density at radius 3 is 2.29 bits per heavy atom. The molecule has 0 saturated heterocycles. The van der Waals surface area contributed by atoms with Gasteiger partial charge in [-0.3, -0.25) is 9.36 Å². The van der Waals surface area contributed by atoms with Crippen LogP contribution in [0.4, 0.5) is 0 Å². The van der Waals surface area contributed by atoms with Crippen molar-refractivity contribution in [3.05, 3.63) is 104 Å². The molecular weight excluding hydrogens is 391 g/mol. The van der Waals surface area contributed by atoms with E-state index in [-0.39, 0.29) is 5.56 Å². The molecule has 0 N–H and O–H groups in total. The Bertz CT molecular complexity index is 1260. The summed E-state index contributed by atoms with van der Waals surface area (Å²) in [4.78, 5) is 18.0. The molecule has 28 heavy (non-hydrogen) atoms. The Morgan fingerprint density at radius 2 is 1.54 bits per heavy atom. The van der Waals surface area contributed by atoms with Crippen LogP contribution < -0.4 is 5.56 Å². The third-order valence-corrected chi connectivity index (χ3v) is 5.17. The number of aryl methyl sites for hydroxylation is 1. The van der Waals surface area contributed by atoms with Crippen molar-refractivity contribution in [2.45, 2.75) is 6.92 Å². The molecule has 0 aliphatic rings. The van der Waals surface area contributed by atoms with Gasteiger partial charge in [-0.2, -0.15) is 0 Å². The summed E-state index contributed by atoms with van der Waals surface area (Å²) in [6.45, 7) is 2.03. The first-order valence-electron chi connectivity index (χ1n) is 8.76. The van der Waals surface area contributed by atoms with Gasteiger partial charge in [0.2, 0.25) is 0 Å². The molecule has 3 nitrogen and oxygen atoms in total. The monoisotopic (exact) mass is 406 g/mol. The Hall–Kier alpha value is -2.88. The van der Waals surface area contributed by atoms with Crippen molar-refractivity contribution in [2.75, 3.05) is 0 Å². The first-order valence-corrected chi connectivity index (χ1v) is 9.52. The first kappa shape index (κ1) is 18.5. The number of benzene rings is 3. The van der Waals surface area contributed by atoms with Crippen LogP contribution in [0.5, 0.6) is 0 Å². The second kappa shape index (κ2) is 7.63. The van der Waals surface area contributed by atoms with Crippen molar-refractivity contribution >= 4 is 46.3 Å². The molecule has 5 heteroatoms. The SMILES string of the molecule is Cc1ccccc1/C=C/c1nc2ccccc2c(=O)n1-c1c(Cl)cccc1Cl. The lowest BCUT2D eigenvalue weighted by Gasteiger charge is -2.14. The molecule has 3 aromatic carbocycles. The van der Waals surface area contributed by atoms with Crippen LogP contribution in [0, 0.1) is 6.92 Å². The van der Waals surface area contributed by atoms with Crippen LogP contribution in [0.1, 0.15) is 17.0 Å². The second-order valence-corrected chi connectivity index (χ2v) is 7.20. The molecule has 138 valence electrons. The van der Waals surface area contributed by atoms with Gasteiger partial charge < -0.3 is 0 Å². The highest BCUT2D eigenvalue weighted by atomic mass is 35.5. The van der Waals surface area contributed by atoms with Gasteiger partial charge in [0, 0.05) is 0 Å². The molecule has 0 saturated carbocycles. The van der Waals surface area contributed by atoms with Gasteiger partial charge >= 0.3 is 0 Å². The summed E-state index contributed by atoms with van der Waals surface area (Å²) >= 11 is 12.8. The number of fused-ring (bicyclic) bond motifs is 1. The fraction of sp³-hybridized carbons (Fsp3) is 0.0435. The Morgan fingerprint density at radius 1 is 0.857 bits per heavy atom. The fourth-order valence-corrected chi connectivity index (χ4v) is 3.69. The van der Waals surface area contributed by atoms with E-state index in [1.165, 1.54) is 4.57 Å². The third kappa shape index (κ3) is 3.35. The van der Waals surface area contributed by atoms with Crippen molar-refractivity contribution in [3.63, 3.8) is 0 Å². The van der Waals surface area contributed by atoms with Crippen LogP contribution in [0.25, 0.3) is 28.7 Å². The molecular formula is C23H16Cl2N2O. The summed E-state index contributed by atoms with van der Waals surface area (Å²) in [6, 6.07) is 20.4. The molecule has 4 rings (SSSR count). The number of aromatic nitrogens is 2. The van der Waals surface area contributed by atoms with Crippen molar-refractivity contribution in [1.82, 2.24) is 9.55 Å². The predicted octanol–water partition coefficient (Wildman–Crippen LogP) is 6.17. The van der Waals surface area contributed by atoms with Gasteiger partial charge in [0.15, 0.2) is 0 Å². The highest BCUT2D eigenvalue weighted by Crippen LogP contribution is 2.29. The van der Waals surface area contributed by atoms with E-state index in [1.807, 2.05) is 61.5 Å². The number of nitrogens with zero attached hydrogens (tertiary/aromatic N) is 2. The van der Waals surface area contributed by atoms with Crippen molar-refractivity contribution in [1.29, 1.82) is 0 Å². The van der Waals surface area contributed by atoms with E-state index in [2.05, 4.69) is 0 Å². The van der Waals surface area contributed by atoms with Gasteiger partial charge in [0.05, 0.1) is 26.6 Å². The molecule has 0 atom stereocenters. The van der Waals surface area contributed by atoms with Crippen molar-refractivity contribution in [2.24, 2.45) is 0 Å². The molecule has 4 aromatic rings. The van der Waals surface area contributed by atoms with Gasteiger partial charge in [0.1, 0.15) is 5.82 Å². The zero-order valence-electron chi connectivity index (χ0n) is 15.1. The Kier molecular flexibility index (Phi) is 5.03. The molecule has 1 heterocycles. The lowest BCUT2D eigenvalue weighted by atomic mass is 10.1. The molecule has 0 fully saturated rings. The molecule has 0 aliphatic carbocycles. The normalized spacial score (nSPS) is 11.4. The van der Waals surface area contributed by atoms with Crippen LogP contribution in [0.2, 0.25) is 10.0 Å². The molecule has 0 radical (unpaired) electrons. The summed E-state index contributed by atoms with van der Waals surface area (Å²) in [6.07, 6.45) is 3.75. The summed E-state index contributed by atoms with van der Waals surface area (Å²) < 4.78 is 1.47. The van der Waals surface area contributed by atoms with E-state index < -0.39 is 0 Å². The van der Waals surface area contributed by atoms with E-state index in [1.54, 1.807) is 24.3 Å². The number of rotatable bonds is 3. The van der Waals surface area contributed by atoms with Crippen LogP contribution in [-0.4, -0.2) is 9.55 Å². The van der Waals surface area contributed by atoms with Crippen LogP contribution >= 0.6 is 23.2 Å². The minimum absolute atomic E-state index is 0.218. The van der Waals surface area contributed by atoms with Gasteiger partial charge in [-0.1, -0.05) is 71.7 Å². The highest BCUT2D eigenvalue weighted by molar-refractivity contribution is 6.37. The van der Waals surface area contributed by atoms with E-state index in [9.17, 15) is 4.79 Å². The van der Waals surface area contributed by atoms with Crippen LogP contribution in [-0.2, 0) is 0 Å². The summed E-state index contributed by atoms with van der Waals surface area (Å²) in [7, 11) is 0. The van der Waals surface area contributed by atoms with Crippen LogP contribution in [0.3, 0.4) is 0 Å². The van der Waals surface area contributed by atoms with Gasteiger partial charge in [-0.25, -0.2) is 4.98 Å². The average Bonchev–Trinajstić information content (AvgIpc) is 2.69. The van der Waals surface area contributed by atoms with E-state index in [0.29, 0.717) is 32.5 Å². The number of hydrogen-bond donors (Lipinski definition) is 0. The van der Waals surface area contributed by atoms with E-state index in [4.69, 9.17) is 28.2 Å². The molecule has 1 aromatic heterocycles. The number of hydrogen-bond acceptors (Lipinski definition) is 2. The highest BCUT2D eigenvalue weighted by Gasteiger charge is 2.16. The topological polar surface area (TPSA) is 34.9 Å². The maximum Gasteiger partial charge on any atom is 0.266 e. The molecule has 0 unspecified atom stereocenters. The zero-order valence-corrected chi connectivity index (χ0v) is 16.6. The van der Waals surface area contributed by atoms with Gasteiger partial charge in [0.25, 0.3) is 5.56 Å². The zero-order chi connectivity index (χ0) is 19.7. The van der Waals surface area contributed by atoms with E-state index in [0.717, 1.165) is 11.1 Å². The predicted molar refractivity (Wildman–Crippen MR) is 117 cm³/mol. The molecule has 0 bridgehead atoms. The van der Waals surface area contributed by atoms with Gasteiger partial charge in [-0.15, -0.1) is 0 Å². The number of halogens is 2. The average molecular weight is 407 g/mol. The Balaban J connectivity index is 2.02. The number of para-hydroxylation sites is 2.